The molecule has 0 atom stereocenters. The summed E-state index contributed by atoms with van der Waals surface area (Å²) in [7, 11) is 1.78. The number of hydrogen-bond acceptors (Lipinski definition) is 2. The topological polar surface area (TPSA) is 57.6 Å². The van der Waals surface area contributed by atoms with Crippen LogP contribution in [-0.2, 0) is 0 Å². The highest BCUT2D eigenvalue weighted by atomic mass is 16.4. The quantitative estimate of drug-likeness (QED) is 0.879. The molecule has 0 bridgehead atoms. The number of carboxylic acids is 1. The monoisotopic (exact) mass is 311 g/mol. The summed E-state index contributed by atoms with van der Waals surface area (Å²) in [5.41, 5.74) is 1.94. The molecule has 1 amide bonds. The van der Waals surface area contributed by atoms with Crippen molar-refractivity contribution < 1.29 is 14.7 Å². The third kappa shape index (κ3) is 3.77. The molecule has 0 aliphatic rings. The van der Waals surface area contributed by atoms with Crippen LogP contribution in [0.5, 0.6) is 0 Å². The van der Waals surface area contributed by atoms with Crippen LogP contribution in [0.15, 0.2) is 48.5 Å². The number of carbonyl (C=O) groups is 2. The van der Waals surface area contributed by atoms with Crippen molar-refractivity contribution in [2.45, 2.75) is 19.8 Å². The van der Waals surface area contributed by atoms with E-state index in [1.165, 1.54) is 0 Å². The fraction of sp³-hybridized carbons (Fsp3) is 0.263. The number of carboxylic acid groups (broad SMARTS) is 1. The van der Waals surface area contributed by atoms with E-state index in [4.69, 9.17) is 0 Å². The van der Waals surface area contributed by atoms with Crippen LogP contribution in [0, 0.1) is 0 Å². The Hall–Kier alpha value is -2.62. The molecule has 0 saturated carbocycles. The van der Waals surface area contributed by atoms with Crippen LogP contribution in [0.4, 0.5) is 0 Å². The van der Waals surface area contributed by atoms with Crippen molar-refractivity contribution in [1.82, 2.24) is 4.90 Å². The molecule has 0 spiro atoms. The Morgan fingerprint density at radius 1 is 0.957 bits per heavy atom. The van der Waals surface area contributed by atoms with Gasteiger partial charge in [0.25, 0.3) is 5.91 Å². The minimum atomic E-state index is -0.998. The van der Waals surface area contributed by atoms with Crippen molar-refractivity contribution >= 4 is 11.9 Å². The van der Waals surface area contributed by atoms with Gasteiger partial charge in [-0.15, -0.1) is 0 Å². The molecule has 23 heavy (non-hydrogen) atoms. The van der Waals surface area contributed by atoms with Gasteiger partial charge in [-0.3, -0.25) is 4.79 Å². The minimum Gasteiger partial charge on any atom is -0.478 e. The summed E-state index contributed by atoms with van der Waals surface area (Å²) in [5.74, 6) is -1.09. The SMILES string of the molecule is CCCCN(C)C(=O)c1ccccc1-c1ccccc1C(=O)O. The molecule has 2 aromatic rings. The van der Waals surface area contributed by atoms with E-state index in [-0.39, 0.29) is 11.5 Å². The predicted octanol–water partition coefficient (Wildman–Crippen LogP) is 3.92. The van der Waals surface area contributed by atoms with Gasteiger partial charge in [0, 0.05) is 19.2 Å². The fourth-order valence-corrected chi connectivity index (χ4v) is 2.51. The molecule has 4 heteroatoms. The maximum Gasteiger partial charge on any atom is 0.336 e. The molecule has 0 fully saturated rings. The lowest BCUT2D eigenvalue weighted by molar-refractivity contribution is 0.0696. The maximum absolute atomic E-state index is 12.7. The van der Waals surface area contributed by atoms with Gasteiger partial charge < -0.3 is 10.0 Å². The molecule has 0 aromatic heterocycles. The maximum atomic E-state index is 12.7. The minimum absolute atomic E-state index is 0.0887. The van der Waals surface area contributed by atoms with E-state index in [1.807, 2.05) is 6.07 Å². The van der Waals surface area contributed by atoms with Crippen molar-refractivity contribution in [1.29, 1.82) is 0 Å². The number of benzene rings is 2. The largest absolute Gasteiger partial charge is 0.478 e. The van der Waals surface area contributed by atoms with Gasteiger partial charge in [-0.2, -0.15) is 0 Å². The molecular formula is C19H21NO3. The standard InChI is InChI=1S/C19H21NO3/c1-3-4-13-20(2)18(21)16-11-7-5-9-14(16)15-10-6-8-12-17(15)19(22)23/h5-12H,3-4,13H2,1-2H3,(H,22,23). The summed E-state index contributed by atoms with van der Waals surface area (Å²) in [6.45, 7) is 2.76. The average Bonchev–Trinajstić information content (AvgIpc) is 2.59. The Bertz CT molecular complexity index is 709. The number of hydrogen-bond donors (Lipinski definition) is 1. The first-order valence-corrected chi connectivity index (χ1v) is 7.73. The van der Waals surface area contributed by atoms with E-state index in [1.54, 1.807) is 54.4 Å². The van der Waals surface area contributed by atoms with Crippen LogP contribution in [0.3, 0.4) is 0 Å². The van der Waals surface area contributed by atoms with Gasteiger partial charge in [-0.1, -0.05) is 49.7 Å². The second kappa shape index (κ2) is 7.58. The third-order valence-corrected chi connectivity index (χ3v) is 3.80. The van der Waals surface area contributed by atoms with Crippen LogP contribution < -0.4 is 0 Å². The van der Waals surface area contributed by atoms with E-state index in [0.29, 0.717) is 23.2 Å². The number of nitrogens with zero attached hydrogens (tertiary/aromatic N) is 1. The molecule has 0 heterocycles. The van der Waals surface area contributed by atoms with Gasteiger partial charge in [0.2, 0.25) is 0 Å². The highest BCUT2D eigenvalue weighted by Crippen LogP contribution is 2.28. The van der Waals surface area contributed by atoms with Crippen LogP contribution in [0.25, 0.3) is 11.1 Å². The zero-order valence-corrected chi connectivity index (χ0v) is 13.5. The average molecular weight is 311 g/mol. The normalized spacial score (nSPS) is 10.3. The lowest BCUT2D eigenvalue weighted by atomic mass is 9.95. The van der Waals surface area contributed by atoms with E-state index < -0.39 is 5.97 Å². The highest BCUT2D eigenvalue weighted by Gasteiger charge is 2.19. The number of amides is 1. The fourth-order valence-electron chi connectivity index (χ4n) is 2.51. The van der Waals surface area contributed by atoms with Gasteiger partial charge in [0.05, 0.1) is 5.56 Å². The van der Waals surface area contributed by atoms with Crippen LogP contribution in [0.2, 0.25) is 0 Å². The summed E-state index contributed by atoms with van der Waals surface area (Å²) < 4.78 is 0. The Balaban J connectivity index is 2.47. The van der Waals surface area contributed by atoms with E-state index in [0.717, 1.165) is 12.8 Å². The van der Waals surface area contributed by atoms with Crippen molar-refractivity contribution in [3.8, 4) is 11.1 Å². The molecule has 4 nitrogen and oxygen atoms in total. The molecule has 1 N–H and O–H groups in total. The zero-order chi connectivity index (χ0) is 16.8. The summed E-state index contributed by atoms with van der Waals surface area (Å²) >= 11 is 0. The van der Waals surface area contributed by atoms with Crippen molar-refractivity contribution in [3.05, 3.63) is 59.7 Å². The Labute approximate surface area is 136 Å². The molecule has 0 saturated heterocycles. The van der Waals surface area contributed by atoms with E-state index in [2.05, 4.69) is 6.92 Å². The number of unbranched alkanes of at least 4 members (excludes halogenated alkanes) is 1. The Morgan fingerprint density at radius 2 is 1.48 bits per heavy atom. The first-order valence-electron chi connectivity index (χ1n) is 7.73. The van der Waals surface area contributed by atoms with E-state index >= 15 is 0 Å². The second-order valence-electron chi connectivity index (χ2n) is 5.48. The third-order valence-electron chi connectivity index (χ3n) is 3.80. The second-order valence-corrected chi connectivity index (χ2v) is 5.48. The number of carbonyl (C=O) groups excluding carboxylic acids is 1. The number of rotatable bonds is 6. The smallest absolute Gasteiger partial charge is 0.336 e. The summed E-state index contributed by atoms with van der Waals surface area (Å²) in [4.78, 5) is 25.8. The Kier molecular flexibility index (Phi) is 5.52. The van der Waals surface area contributed by atoms with Gasteiger partial charge >= 0.3 is 5.97 Å². The van der Waals surface area contributed by atoms with Crippen LogP contribution >= 0.6 is 0 Å². The van der Waals surface area contributed by atoms with Crippen LogP contribution in [-0.4, -0.2) is 35.5 Å². The highest BCUT2D eigenvalue weighted by molar-refractivity contribution is 6.04. The van der Waals surface area contributed by atoms with Gasteiger partial charge in [-0.25, -0.2) is 4.79 Å². The molecule has 0 unspecified atom stereocenters. The lowest BCUT2D eigenvalue weighted by Crippen LogP contribution is -2.28. The summed E-state index contributed by atoms with van der Waals surface area (Å²) in [6.07, 6.45) is 1.96. The molecule has 2 rings (SSSR count). The molecule has 0 aliphatic heterocycles. The zero-order valence-electron chi connectivity index (χ0n) is 13.5. The first-order chi connectivity index (χ1) is 11.1. The predicted molar refractivity (Wildman–Crippen MR) is 90.7 cm³/mol. The molecular weight excluding hydrogens is 290 g/mol. The van der Waals surface area contributed by atoms with Crippen molar-refractivity contribution in [2.24, 2.45) is 0 Å². The van der Waals surface area contributed by atoms with Crippen molar-refractivity contribution in [3.63, 3.8) is 0 Å². The summed E-state index contributed by atoms with van der Waals surface area (Å²) in [6, 6.07) is 13.9. The van der Waals surface area contributed by atoms with Crippen molar-refractivity contribution in [2.75, 3.05) is 13.6 Å². The molecule has 120 valence electrons. The number of aromatic carboxylic acids is 1. The van der Waals surface area contributed by atoms with Gasteiger partial charge in [0.15, 0.2) is 0 Å². The Morgan fingerprint density at radius 3 is 2.04 bits per heavy atom. The molecule has 2 aromatic carbocycles. The first kappa shape index (κ1) is 16.7. The van der Waals surface area contributed by atoms with E-state index in [9.17, 15) is 14.7 Å². The summed E-state index contributed by atoms with van der Waals surface area (Å²) in [5, 5.41) is 9.39. The van der Waals surface area contributed by atoms with Gasteiger partial charge in [0.1, 0.15) is 0 Å². The lowest BCUT2D eigenvalue weighted by Gasteiger charge is -2.19. The van der Waals surface area contributed by atoms with Gasteiger partial charge in [-0.05, 0) is 29.7 Å². The van der Waals surface area contributed by atoms with Crippen LogP contribution in [0.1, 0.15) is 40.5 Å². The molecule has 0 aliphatic carbocycles. The molecule has 0 radical (unpaired) electrons.